The molecule has 94 valence electrons. The molecule has 1 aromatic heterocycles. The van der Waals surface area contributed by atoms with Gasteiger partial charge in [-0.1, -0.05) is 6.92 Å². The molecule has 0 spiro atoms. The van der Waals surface area contributed by atoms with Crippen LogP contribution in [0.15, 0.2) is 24.3 Å². The Hall–Kier alpha value is -1.77. The van der Waals surface area contributed by atoms with Gasteiger partial charge in [-0.25, -0.2) is 0 Å². The van der Waals surface area contributed by atoms with Crippen molar-refractivity contribution in [3.63, 3.8) is 0 Å². The lowest BCUT2D eigenvalue weighted by Crippen LogP contribution is -2.05. The normalized spacial score (nSPS) is 22.1. The van der Waals surface area contributed by atoms with Crippen molar-refractivity contribution < 1.29 is 0 Å². The summed E-state index contributed by atoms with van der Waals surface area (Å²) in [7, 11) is 0. The van der Waals surface area contributed by atoms with Crippen molar-refractivity contribution in [2.24, 2.45) is 11.8 Å². The Morgan fingerprint density at radius 2 is 2.17 bits per heavy atom. The van der Waals surface area contributed by atoms with Gasteiger partial charge in [0.25, 0.3) is 0 Å². The van der Waals surface area contributed by atoms with Crippen molar-refractivity contribution in [2.75, 3.05) is 17.6 Å². The summed E-state index contributed by atoms with van der Waals surface area (Å²) in [5, 5.41) is 4.67. The molecule has 3 N–H and O–H groups in total. The van der Waals surface area contributed by atoms with Gasteiger partial charge >= 0.3 is 0 Å². The lowest BCUT2D eigenvalue weighted by Gasteiger charge is -2.11. The predicted octanol–water partition coefficient (Wildman–Crippen LogP) is 3.19. The second kappa shape index (κ2) is 4.16. The molecule has 1 aliphatic rings. The number of hydrogen-bond donors (Lipinski definition) is 2. The lowest BCUT2D eigenvalue weighted by molar-refractivity contribution is 0.787. The molecule has 1 aliphatic carbocycles. The van der Waals surface area contributed by atoms with Crippen LogP contribution in [-0.4, -0.2) is 11.5 Å². The molecular formula is C15H19N3. The zero-order valence-corrected chi connectivity index (χ0v) is 10.9. The Balaban J connectivity index is 1.95. The number of nitrogens with two attached hydrogens (primary N) is 1. The molecule has 0 saturated heterocycles. The predicted molar refractivity (Wildman–Crippen MR) is 76.7 cm³/mol. The van der Waals surface area contributed by atoms with Crippen molar-refractivity contribution in [2.45, 2.75) is 20.3 Å². The topological polar surface area (TPSA) is 50.9 Å². The van der Waals surface area contributed by atoms with E-state index >= 15 is 0 Å². The number of aromatic nitrogens is 1. The summed E-state index contributed by atoms with van der Waals surface area (Å²) in [6, 6.07) is 8.00. The van der Waals surface area contributed by atoms with Gasteiger partial charge in [0.1, 0.15) is 0 Å². The molecule has 2 atom stereocenters. The molecule has 0 amide bonds. The summed E-state index contributed by atoms with van der Waals surface area (Å²) >= 11 is 0. The zero-order valence-electron chi connectivity index (χ0n) is 10.9. The number of aryl methyl sites for hydroxylation is 1. The minimum Gasteiger partial charge on any atom is -0.399 e. The Kier molecular flexibility index (Phi) is 2.62. The van der Waals surface area contributed by atoms with E-state index < -0.39 is 0 Å². The van der Waals surface area contributed by atoms with Crippen LogP contribution in [0, 0.1) is 18.8 Å². The van der Waals surface area contributed by atoms with Crippen LogP contribution < -0.4 is 11.1 Å². The number of fused-ring (bicyclic) bond motifs is 1. The first kappa shape index (κ1) is 11.3. The summed E-state index contributed by atoms with van der Waals surface area (Å²) in [5.74, 6) is 1.70. The van der Waals surface area contributed by atoms with E-state index in [4.69, 9.17) is 5.73 Å². The van der Waals surface area contributed by atoms with Gasteiger partial charge in [0.05, 0.1) is 5.52 Å². The lowest BCUT2D eigenvalue weighted by atomic mass is 10.1. The van der Waals surface area contributed by atoms with E-state index in [1.807, 2.05) is 25.1 Å². The van der Waals surface area contributed by atoms with Gasteiger partial charge in [0.15, 0.2) is 0 Å². The molecule has 0 bridgehead atoms. The van der Waals surface area contributed by atoms with Gasteiger partial charge in [-0.2, -0.15) is 0 Å². The standard InChI is InChI=1S/C15H19N3/c1-9-5-11(9)8-17-15-6-10(2)18-14-4-3-12(16)7-13(14)15/h3-4,6-7,9,11H,5,8,16H2,1-2H3,(H,17,18). The number of hydrogen-bond acceptors (Lipinski definition) is 3. The monoisotopic (exact) mass is 241 g/mol. The fourth-order valence-corrected chi connectivity index (χ4v) is 2.45. The van der Waals surface area contributed by atoms with Gasteiger partial charge < -0.3 is 11.1 Å². The second-order valence-corrected chi connectivity index (χ2v) is 5.44. The van der Waals surface area contributed by atoms with E-state index in [0.717, 1.165) is 46.4 Å². The molecular weight excluding hydrogens is 222 g/mol. The molecule has 2 aromatic rings. The summed E-state index contributed by atoms with van der Waals surface area (Å²) in [5.41, 5.74) is 9.86. The Labute approximate surface area is 107 Å². The summed E-state index contributed by atoms with van der Waals surface area (Å²) in [6.07, 6.45) is 1.34. The van der Waals surface area contributed by atoms with Gasteiger partial charge in [0, 0.05) is 29.0 Å². The van der Waals surface area contributed by atoms with Crippen LogP contribution >= 0.6 is 0 Å². The van der Waals surface area contributed by atoms with Crippen molar-refractivity contribution in [3.8, 4) is 0 Å². The first-order chi connectivity index (χ1) is 8.63. The average Bonchev–Trinajstić information content (AvgIpc) is 3.03. The van der Waals surface area contributed by atoms with E-state index in [2.05, 4.69) is 23.3 Å². The summed E-state index contributed by atoms with van der Waals surface area (Å²) < 4.78 is 0. The maximum absolute atomic E-state index is 5.87. The number of benzene rings is 1. The number of rotatable bonds is 3. The Bertz CT molecular complexity index is 592. The quantitative estimate of drug-likeness (QED) is 0.811. The van der Waals surface area contributed by atoms with Crippen LogP contribution in [0.25, 0.3) is 10.9 Å². The molecule has 0 aliphatic heterocycles. The molecule has 1 heterocycles. The van der Waals surface area contributed by atoms with E-state index in [9.17, 15) is 0 Å². The SMILES string of the molecule is Cc1cc(NCC2CC2C)c2cc(N)ccc2n1. The second-order valence-electron chi connectivity index (χ2n) is 5.44. The van der Waals surface area contributed by atoms with E-state index in [1.165, 1.54) is 6.42 Å². The Morgan fingerprint density at radius 1 is 1.39 bits per heavy atom. The van der Waals surface area contributed by atoms with Crippen LogP contribution in [0.5, 0.6) is 0 Å². The van der Waals surface area contributed by atoms with Crippen LogP contribution in [0.1, 0.15) is 19.0 Å². The first-order valence-electron chi connectivity index (χ1n) is 6.54. The maximum atomic E-state index is 5.87. The molecule has 1 saturated carbocycles. The van der Waals surface area contributed by atoms with E-state index in [0.29, 0.717) is 0 Å². The van der Waals surface area contributed by atoms with Crippen LogP contribution in [-0.2, 0) is 0 Å². The first-order valence-corrected chi connectivity index (χ1v) is 6.54. The van der Waals surface area contributed by atoms with Crippen molar-refractivity contribution in [1.29, 1.82) is 0 Å². The fourth-order valence-electron chi connectivity index (χ4n) is 2.45. The Morgan fingerprint density at radius 3 is 2.89 bits per heavy atom. The zero-order chi connectivity index (χ0) is 12.7. The van der Waals surface area contributed by atoms with Crippen molar-refractivity contribution >= 4 is 22.3 Å². The maximum Gasteiger partial charge on any atom is 0.0727 e. The molecule has 18 heavy (non-hydrogen) atoms. The highest BCUT2D eigenvalue weighted by Crippen LogP contribution is 2.38. The van der Waals surface area contributed by atoms with Crippen LogP contribution in [0.3, 0.4) is 0 Å². The third-order valence-electron chi connectivity index (χ3n) is 3.79. The van der Waals surface area contributed by atoms with Crippen molar-refractivity contribution in [1.82, 2.24) is 4.98 Å². The number of pyridine rings is 1. The number of nitrogen functional groups attached to an aromatic ring is 1. The molecule has 3 nitrogen and oxygen atoms in total. The minimum atomic E-state index is 0.788. The highest BCUT2D eigenvalue weighted by atomic mass is 14.9. The molecule has 1 aromatic carbocycles. The minimum absolute atomic E-state index is 0.788. The highest BCUT2D eigenvalue weighted by molar-refractivity contribution is 5.93. The van der Waals surface area contributed by atoms with Crippen molar-refractivity contribution in [3.05, 3.63) is 30.0 Å². The number of anilines is 2. The smallest absolute Gasteiger partial charge is 0.0727 e. The van der Waals surface area contributed by atoms with E-state index in [1.54, 1.807) is 0 Å². The third-order valence-corrected chi connectivity index (χ3v) is 3.79. The highest BCUT2D eigenvalue weighted by Gasteiger charge is 2.31. The van der Waals surface area contributed by atoms with E-state index in [-0.39, 0.29) is 0 Å². The fraction of sp³-hybridized carbons (Fsp3) is 0.400. The molecule has 1 fully saturated rings. The van der Waals surface area contributed by atoms with Crippen LogP contribution in [0.4, 0.5) is 11.4 Å². The number of nitrogens with zero attached hydrogens (tertiary/aromatic N) is 1. The third kappa shape index (κ3) is 2.13. The van der Waals surface area contributed by atoms with Crippen LogP contribution in [0.2, 0.25) is 0 Å². The summed E-state index contributed by atoms with van der Waals surface area (Å²) in [4.78, 5) is 4.54. The molecule has 3 heteroatoms. The number of nitrogens with one attached hydrogen (secondary N) is 1. The van der Waals surface area contributed by atoms with Gasteiger partial charge in [-0.05, 0) is 49.4 Å². The summed E-state index contributed by atoms with van der Waals surface area (Å²) in [6.45, 7) is 5.38. The molecule has 2 unspecified atom stereocenters. The van der Waals surface area contributed by atoms with Gasteiger partial charge in [-0.15, -0.1) is 0 Å². The molecule has 3 rings (SSSR count). The largest absolute Gasteiger partial charge is 0.399 e. The van der Waals surface area contributed by atoms with Gasteiger partial charge in [0.2, 0.25) is 0 Å². The average molecular weight is 241 g/mol. The molecule has 0 radical (unpaired) electrons. The van der Waals surface area contributed by atoms with Gasteiger partial charge in [-0.3, -0.25) is 4.98 Å².